The van der Waals surface area contributed by atoms with Gasteiger partial charge in [0.2, 0.25) is 5.91 Å². The molecule has 0 radical (unpaired) electrons. The number of nitrogens with one attached hydrogen (secondary N) is 1. The summed E-state index contributed by atoms with van der Waals surface area (Å²) in [4.78, 5) is 29.7. The third-order valence-electron chi connectivity index (χ3n) is 6.04. The number of hydrogen-bond acceptors (Lipinski definition) is 4. The maximum atomic E-state index is 13.1. The highest BCUT2D eigenvalue weighted by Crippen LogP contribution is 2.37. The molecule has 0 aromatic heterocycles. The lowest BCUT2D eigenvalue weighted by molar-refractivity contribution is -0.116. The molecular formula is C20H29Cl2N3O2. The molecule has 1 amide bonds. The summed E-state index contributed by atoms with van der Waals surface area (Å²) in [5, 5.41) is 2.95. The number of benzene rings is 1. The van der Waals surface area contributed by atoms with E-state index < -0.39 is 0 Å². The highest BCUT2D eigenvalue weighted by atomic mass is 35.5. The lowest BCUT2D eigenvalue weighted by Crippen LogP contribution is -2.47. The summed E-state index contributed by atoms with van der Waals surface area (Å²) < 4.78 is 0. The number of nitrogens with zero attached hydrogens (tertiary/aromatic N) is 2. The average Bonchev–Trinajstić information content (AvgIpc) is 2.58. The van der Waals surface area contributed by atoms with Crippen LogP contribution in [0, 0.1) is 5.92 Å². The van der Waals surface area contributed by atoms with Crippen molar-refractivity contribution in [2.75, 3.05) is 45.1 Å². The first-order valence-electron chi connectivity index (χ1n) is 9.43. The number of carbonyl (C=O) groups excluding carboxylic acids is 2. The van der Waals surface area contributed by atoms with Gasteiger partial charge < -0.3 is 15.1 Å². The Morgan fingerprint density at radius 3 is 2.52 bits per heavy atom. The van der Waals surface area contributed by atoms with Gasteiger partial charge in [-0.2, -0.15) is 0 Å². The first kappa shape index (κ1) is 22.2. The van der Waals surface area contributed by atoms with E-state index in [0.29, 0.717) is 6.42 Å². The molecule has 1 aromatic carbocycles. The number of hydrogen-bond donors (Lipinski definition) is 1. The number of amides is 1. The Kier molecular flexibility index (Phi) is 7.31. The van der Waals surface area contributed by atoms with Gasteiger partial charge in [-0.25, -0.2) is 0 Å². The van der Waals surface area contributed by atoms with E-state index in [4.69, 9.17) is 0 Å². The number of ketones is 1. The summed E-state index contributed by atoms with van der Waals surface area (Å²) in [7, 11) is 2.15. The second kappa shape index (κ2) is 8.91. The lowest BCUT2D eigenvalue weighted by Gasteiger charge is -2.36. The van der Waals surface area contributed by atoms with Crippen LogP contribution in [0.5, 0.6) is 0 Å². The van der Waals surface area contributed by atoms with Gasteiger partial charge >= 0.3 is 0 Å². The molecule has 0 bridgehead atoms. The Hall–Kier alpha value is -1.14. The van der Waals surface area contributed by atoms with E-state index in [0.717, 1.165) is 56.8 Å². The molecular weight excluding hydrogens is 385 g/mol. The fourth-order valence-electron chi connectivity index (χ4n) is 4.40. The molecule has 1 aromatic rings. The highest BCUT2D eigenvalue weighted by molar-refractivity contribution is 6.03. The number of likely N-dealkylation sites (N-methyl/N-ethyl adjacent to an activating group) is 1. The second-order valence-electron chi connectivity index (χ2n) is 7.95. The van der Waals surface area contributed by atoms with E-state index in [9.17, 15) is 9.59 Å². The van der Waals surface area contributed by atoms with Gasteiger partial charge in [-0.15, -0.1) is 24.8 Å². The molecule has 1 saturated heterocycles. The van der Waals surface area contributed by atoms with Crippen molar-refractivity contribution in [3.05, 3.63) is 28.8 Å². The summed E-state index contributed by atoms with van der Waals surface area (Å²) >= 11 is 0. The number of carbonyl (C=O) groups is 2. The Morgan fingerprint density at radius 1 is 1.11 bits per heavy atom. The van der Waals surface area contributed by atoms with E-state index in [-0.39, 0.29) is 48.3 Å². The van der Waals surface area contributed by atoms with Crippen molar-refractivity contribution in [3.63, 3.8) is 0 Å². The number of Topliss-reactive ketones (excluding diaryl/α,β-unsaturated/α-hetero) is 1. The Labute approximate surface area is 173 Å². The second-order valence-corrected chi connectivity index (χ2v) is 7.95. The van der Waals surface area contributed by atoms with Crippen molar-refractivity contribution < 1.29 is 9.59 Å². The molecule has 2 heterocycles. The first-order chi connectivity index (χ1) is 12.0. The van der Waals surface area contributed by atoms with Crippen LogP contribution in [0.3, 0.4) is 0 Å². The summed E-state index contributed by atoms with van der Waals surface area (Å²) in [6.07, 6.45) is 2.44. The molecule has 27 heavy (non-hydrogen) atoms. The molecule has 1 N–H and O–H groups in total. The predicted octanol–water partition coefficient (Wildman–Crippen LogP) is 2.97. The van der Waals surface area contributed by atoms with Crippen molar-refractivity contribution in [1.82, 2.24) is 9.80 Å². The molecule has 2 atom stereocenters. The van der Waals surface area contributed by atoms with Crippen LogP contribution in [-0.2, 0) is 11.2 Å². The quantitative estimate of drug-likeness (QED) is 0.809. The van der Waals surface area contributed by atoms with Gasteiger partial charge in [0.15, 0.2) is 5.78 Å². The molecule has 1 aliphatic carbocycles. The molecule has 1 fully saturated rings. The number of rotatable bonds is 2. The third kappa shape index (κ3) is 4.48. The Balaban J connectivity index is 0.00000131. The number of anilines is 1. The molecule has 2 unspecified atom stereocenters. The van der Waals surface area contributed by atoms with Crippen molar-refractivity contribution in [3.8, 4) is 0 Å². The van der Waals surface area contributed by atoms with Gasteiger partial charge in [0.05, 0.1) is 0 Å². The Morgan fingerprint density at radius 2 is 1.81 bits per heavy atom. The van der Waals surface area contributed by atoms with Crippen LogP contribution in [0.1, 0.15) is 47.2 Å². The van der Waals surface area contributed by atoms with Gasteiger partial charge in [-0.05, 0) is 43.0 Å². The van der Waals surface area contributed by atoms with Crippen LogP contribution < -0.4 is 5.32 Å². The van der Waals surface area contributed by atoms with Gasteiger partial charge in [0, 0.05) is 56.3 Å². The third-order valence-corrected chi connectivity index (χ3v) is 6.04. The number of aryl methyl sites for hydroxylation is 1. The topological polar surface area (TPSA) is 52.7 Å². The van der Waals surface area contributed by atoms with E-state index in [1.807, 2.05) is 6.07 Å². The first-order valence-corrected chi connectivity index (χ1v) is 9.43. The summed E-state index contributed by atoms with van der Waals surface area (Å²) in [5.74, 6) is 0.630. The molecule has 150 valence electrons. The SMILES string of the molecule is CC1CC(=O)Nc2cc3c(cc21)CCC(CN1CCN(C)CC1)C3=O.Cl.Cl. The van der Waals surface area contributed by atoms with Gasteiger partial charge in [-0.3, -0.25) is 9.59 Å². The standard InChI is InChI=1S/C20H27N3O2.2ClH/c1-13-9-19(24)21-18-11-17-14(10-16(13)18)3-4-15(20(17)25)12-23-7-5-22(2)6-8-23;;/h10-11,13,15H,3-9,12H2,1-2H3,(H,21,24);2*1H. The summed E-state index contributed by atoms with van der Waals surface area (Å²) in [6, 6.07) is 4.11. The monoisotopic (exact) mass is 413 g/mol. The van der Waals surface area contributed by atoms with Gasteiger partial charge in [-0.1, -0.05) is 13.0 Å². The van der Waals surface area contributed by atoms with Crippen molar-refractivity contribution in [1.29, 1.82) is 0 Å². The van der Waals surface area contributed by atoms with Crippen molar-refractivity contribution in [2.24, 2.45) is 5.92 Å². The predicted molar refractivity (Wildman–Crippen MR) is 113 cm³/mol. The minimum Gasteiger partial charge on any atom is -0.326 e. The molecule has 0 saturated carbocycles. The minimum absolute atomic E-state index is 0. The van der Waals surface area contributed by atoms with Crippen LogP contribution in [-0.4, -0.2) is 61.3 Å². The van der Waals surface area contributed by atoms with E-state index >= 15 is 0 Å². The van der Waals surface area contributed by atoms with Crippen LogP contribution in [0.25, 0.3) is 0 Å². The van der Waals surface area contributed by atoms with Crippen LogP contribution in [0.2, 0.25) is 0 Å². The van der Waals surface area contributed by atoms with Crippen LogP contribution in [0.4, 0.5) is 5.69 Å². The van der Waals surface area contributed by atoms with Crippen molar-refractivity contribution in [2.45, 2.75) is 32.1 Å². The summed E-state index contributed by atoms with van der Waals surface area (Å²) in [5.41, 5.74) is 4.03. The maximum Gasteiger partial charge on any atom is 0.224 e. The zero-order chi connectivity index (χ0) is 17.6. The average molecular weight is 414 g/mol. The zero-order valence-corrected chi connectivity index (χ0v) is 17.6. The van der Waals surface area contributed by atoms with Gasteiger partial charge in [0.1, 0.15) is 0 Å². The maximum absolute atomic E-state index is 13.1. The zero-order valence-electron chi connectivity index (χ0n) is 16.0. The fourth-order valence-corrected chi connectivity index (χ4v) is 4.40. The minimum atomic E-state index is 0. The normalized spacial score (nSPS) is 25.6. The van der Waals surface area contributed by atoms with Gasteiger partial charge in [0.25, 0.3) is 0 Å². The molecule has 0 spiro atoms. The number of piperazine rings is 1. The lowest BCUT2D eigenvalue weighted by atomic mass is 9.79. The van der Waals surface area contributed by atoms with E-state index in [1.165, 1.54) is 11.1 Å². The smallest absolute Gasteiger partial charge is 0.224 e. The van der Waals surface area contributed by atoms with Crippen molar-refractivity contribution >= 4 is 42.2 Å². The van der Waals surface area contributed by atoms with Crippen LogP contribution in [0.15, 0.2) is 12.1 Å². The molecule has 4 rings (SSSR count). The Bertz CT molecular complexity index is 717. The van der Waals surface area contributed by atoms with E-state index in [1.54, 1.807) is 0 Å². The molecule has 5 nitrogen and oxygen atoms in total. The molecule has 7 heteroatoms. The number of halogens is 2. The summed E-state index contributed by atoms with van der Waals surface area (Å²) in [6.45, 7) is 7.20. The highest BCUT2D eigenvalue weighted by Gasteiger charge is 2.32. The van der Waals surface area contributed by atoms with E-state index in [2.05, 4.69) is 35.2 Å². The fraction of sp³-hybridized carbons (Fsp3) is 0.600. The largest absolute Gasteiger partial charge is 0.326 e. The molecule has 3 aliphatic rings. The van der Waals surface area contributed by atoms with Crippen LogP contribution >= 0.6 is 24.8 Å². The number of fused-ring (bicyclic) bond motifs is 2. The molecule has 2 aliphatic heterocycles.